The second-order valence-electron chi connectivity index (χ2n) is 4.44. The molecule has 0 aliphatic heterocycles. The van der Waals surface area contributed by atoms with E-state index in [1.807, 2.05) is 12.5 Å². The molecule has 0 bridgehead atoms. The molecule has 3 nitrogen and oxygen atoms in total. The molecule has 0 amide bonds. The lowest BCUT2D eigenvalue weighted by Crippen LogP contribution is -2.20. The lowest BCUT2D eigenvalue weighted by atomic mass is 10.0. The van der Waals surface area contributed by atoms with E-state index in [1.165, 1.54) is 0 Å². The Bertz CT molecular complexity index is 346. The molecule has 0 radical (unpaired) electrons. The smallest absolute Gasteiger partial charge is 0.0948 e. The number of rotatable bonds is 6. The quantitative estimate of drug-likeness (QED) is 0.589. The molecule has 3 heteroatoms. The van der Waals surface area contributed by atoms with E-state index in [0.717, 1.165) is 31.5 Å². The molecule has 1 aromatic heterocycles. The van der Waals surface area contributed by atoms with E-state index in [-0.39, 0.29) is 6.04 Å². The highest BCUT2D eigenvalue weighted by Crippen LogP contribution is 2.18. The maximum atomic E-state index is 6.12. The van der Waals surface area contributed by atoms with Crippen LogP contribution in [0.4, 0.5) is 0 Å². The number of nitrogens with two attached hydrogens (primary N) is 1. The molecule has 1 rings (SSSR count). The van der Waals surface area contributed by atoms with Gasteiger partial charge in [-0.25, -0.2) is 4.98 Å². The van der Waals surface area contributed by atoms with Crippen molar-refractivity contribution in [2.45, 2.75) is 45.7 Å². The van der Waals surface area contributed by atoms with E-state index >= 15 is 0 Å². The minimum Gasteiger partial charge on any atom is -0.333 e. The van der Waals surface area contributed by atoms with E-state index in [2.05, 4.69) is 29.3 Å². The number of hydrogen-bond acceptors (Lipinski definition) is 2. The lowest BCUT2D eigenvalue weighted by molar-refractivity contribution is 0.471. The fraction of sp³-hybridized carbons (Fsp3) is 0.615. The number of unbranched alkanes of at least 4 members (excludes halogenated alkanes) is 2. The van der Waals surface area contributed by atoms with Crippen molar-refractivity contribution < 1.29 is 0 Å². The molecular formula is C13H21N3. The monoisotopic (exact) mass is 219 g/mol. The Morgan fingerprint density at radius 2 is 2.25 bits per heavy atom. The highest BCUT2D eigenvalue weighted by molar-refractivity contribution is 5.05. The zero-order valence-electron chi connectivity index (χ0n) is 10.2. The summed E-state index contributed by atoms with van der Waals surface area (Å²) < 4.78 is 2.14. The summed E-state index contributed by atoms with van der Waals surface area (Å²) in [7, 11) is 0. The average molecular weight is 219 g/mol. The molecule has 1 aromatic rings. The fourth-order valence-corrected chi connectivity index (χ4v) is 1.65. The van der Waals surface area contributed by atoms with Crippen molar-refractivity contribution in [2.75, 3.05) is 0 Å². The van der Waals surface area contributed by atoms with Gasteiger partial charge in [-0.05, 0) is 18.8 Å². The molecule has 0 spiro atoms. The van der Waals surface area contributed by atoms with Crippen molar-refractivity contribution in [3.63, 3.8) is 0 Å². The van der Waals surface area contributed by atoms with Crippen LogP contribution in [-0.2, 0) is 6.54 Å². The molecule has 88 valence electrons. The van der Waals surface area contributed by atoms with Gasteiger partial charge in [0, 0.05) is 25.2 Å². The van der Waals surface area contributed by atoms with Gasteiger partial charge in [0.05, 0.1) is 12.0 Å². The third-order valence-corrected chi connectivity index (χ3v) is 2.77. The molecule has 0 aliphatic carbocycles. The van der Waals surface area contributed by atoms with Crippen molar-refractivity contribution in [1.82, 2.24) is 9.55 Å². The number of aryl methyl sites for hydroxylation is 1. The molecule has 1 atom stereocenters. The van der Waals surface area contributed by atoms with Gasteiger partial charge >= 0.3 is 0 Å². The molecular weight excluding hydrogens is 198 g/mol. The van der Waals surface area contributed by atoms with Gasteiger partial charge in [-0.1, -0.05) is 13.8 Å². The largest absolute Gasteiger partial charge is 0.333 e. The first kappa shape index (κ1) is 12.8. The summed E-state index contributed by atoms with van der Waals surface area (Å²) >= 11 is 0. The van der Waals surface area contributed by atoms with Crippen LogP contribution in [0.15, 0.2) is 12.5 Å². The van der Waals surface area contributed by atoms with Gasteiger partial charge < -0.3 is 10.3 Å². The van der Waals surface area contributed by atoms with Crippen molar-refractivity contribution >= 4 is 0 Å². The van der Waals surface area contributed by atoms with Crippen molar-refractivity contribution in [3.05, 3.63) is 18.2 Å². The summed E-state index contributed by atoms with van der Waals surface area (Å²) in [5.74, 6) is 3.09. The first-order chi connectivity index (χ1) is 7.66. The van der Waals surface area contributed by atoms with Gasteiger partial charge in [0.25, 0.3) is 0 Å². The summed E-state index contributed by atoms with van der Waals surface area (Å²) in [6, 6.07) is 0.0649. The summed E-state index contributed by atoms with van der Waals surface area (Å²) in [4.78, 5) is 4.17. The molecule has 0 saturated carbocycles. The highest BCUT2D eigenvalue weighted by Gasteiger charge is 2.14. The predicted octanol–water partition coefficient (Wildman–Crippen LogP) is 2.34. The van der Waals surface area contributed by atoms with Crippen LogP contribution in [0.3, 0.4) is 0 Å². The fourth-order valence-electron chi connectivity index (χ4n) is 1.65. The number of imidazole rings is 1. The molecule has 1 unspecified atom stereocenters. The lowest BCUT2D eigenvalue weighted by Gasteiger charge is -2.17. The number of nitrogens with zero attached hydrogens (tertiary/aromatic N) is 2. The number of terminal acetylenes is 1. The van der Waals surface area contributed by atoms with Gasteiger partial charge in [0.1, 0.15) is 0 Å². The summed E-state index contributed by atoms with van der Waals surface area (Å²) in [5.41, 5.74) is 7.24. The molecule has 0 fully saturated rings. The van der Waals surface area contributed by atoms with E-state index in [4.69, 9.17) is 12.2 Å². The van der Waals surface area contributed by atoms with E-state index in [0.29, 0.717) is 5.92 Å². The van der Waals surface area contributed by atoms with Crippen molar-refractivity contribution in [3.8, 4) is 12.3 Å². The van der Waals surface area contributed by atoms with Gasteiger partial charge in [0.15, 0.2) is 0 Å². The SMILES string of the molecule is C#CCCCCn1cncc1C(N)C(C)C. The van der Waals surface area contributed by atoms with E-state index in [1.54, 1.807) is 0 Å². The number of hydrogen-bond donors (Lipinski definition) is 1. The Morgan fingerprint density at radius 3 is 2.88 bits per heavy atom. The van der Waals surface area contributed by atoms with Gasteiger partial charge in [-0.3, -0.25) is 0 Å². The van der Waals surface area contributed by atoms with Crippen LogP contribution in [0.25, 0.3) is 0 Å². The Morgan fingerprint density at radius 1 is 1.50 bits per heavy atom. The predicted molar refractivity (Wildman–Crippen MR) is 66.7 cm³/mol. The second kappa shape index (κ2) is 6.34. The summed E-state index contributed by atoms with van der Waals surface area (Å²) in [6.45, 7) is 5.21. The average Bonchev–Trinajstić information content (AvgIpc) is 2.71. The standard InChI is InChI=1S/C13H21N3/c1-4-5-6-7-8-16-10-15-9-12(16)13(14)11(2)3/h1,9-11,13H,5-8,14H2,2-3H3. The van der Waals surface area contributed by atoms with Crippen LogP contribution < -0.4 is 5.73 Å². The van der Waals surface area contributed by atoms with E-state index in [9.17, 15) is 0 Å². The first-order valence-corrected chi connectivity index (χ1v) is 5.86. The van der Waals surface area contributed by atoms with Gasteiger partial charge in [-0.2, -0.15) is 0 Å². The van der Waals surface area contributed by atoms with E-state index < -0.39 is 0 Å². The zero-order chi connectivity index (χ0) is 12.0. The van der Waals surface area contributed by atoms with Crippen LogP contribution in [0.1, 0.15) is 44.8 Å². The normalized spacial score (nSPS) is 12.7. The summed E-state index contributed by atoms with van der Waals surface area (Å²) in [5, 5.41) is 0. The summed E-state index contributed by atoms with van der Waals surface area (Å²) in [6.07, 6.45) is 11.9. The maximum Gasteiger partial charge on any atom is 0.0948 e. The minimum atomic E-state index is 0.0649. The van der Waals surface area contributed by atoms with Crippen molar-refractivity contribution in [2.24, 2.45) is 11.7 Å². The third-order valence-electron chi connectivity index (χ3n) is 2.77. The number of aromatic nitrogens is 2. The molecule has 16 heavy (non-hydrogen) atoms. The molecule has 2 N–H and O–H groups in total. The van der Waals surface area contributed by atoms with Crippen LogP contribution >= 0.6 is 0 Å². The minimum absolute atomic E-state index is 0.0649. The topological polar surface area (TPSA) is 43.8 Å². The Balaban J connectivity index is 2.54. The van der Waals surface area contributed by atoms with Gasteiger partial charge in [-0.15, -0.1) is 12.3 Å². The Labute approximate surface area is 98.1 Å². The van der Waals surface area contributed by atoms with Crippen molar-refractivity contribution in [1.29, 1.82) is 0 Å². The second-order valence-corrected chi connectivity index (χ2v) is 4.44. The van der Waals surface area contributed by atoms with Crippen LogP contribution in [0.2, 0.25) is 0 Å². The maximum absolute atomic E-state index is 6.12. The first-order valence-electron chi connectivity index (χ1n) is 5.86. The van der Waals surface area contributed by atoms with Crippen LogP contribution in [0, 0.1) is 18.3 Å². The third kappa shape index (κ3) is 3.39. The molecule has 0 saturated heterocycles. The Hall–Kier alpha value is -1.27. The van der Waals surface area contributed by atoms with Crippen LogP contribution in [-0.4, -0.2) is 9.55 Å². The van der Waals surface area contributed by atoms with Gasteiger partial charge in [0.2, 0.25) is 0 Å². The highest BCUT2D eigenvalue weighted by atomic mass is 15.1. The molecule has 0 aliphatic rings. The Kier molecular flexibility index (Phi) is 5.07. The zero-order valence-corrected chi connectivity index (χ0v) is 10.2. The molecule has 1 heterocycles. The van der Waals surface area contributed by atoms with Crippen LogP contribution in [0.5, 0.6) is 0 Å². The molecule has 0 aromatic carbocycles.